The van der Waals surface area contributed by atoms with Gasteiger partial charge in [0.05, 0.1) is 6.10 Å². The monoisotopic (exact) mass is 464 g/mol. The summed E-state index contributed by atoms with van der Waals surface area (Å²) in [6.07, 6.45) is 6.91. The summed E-state index contributed by atoms with van der Waals surface area (Å²) in [5.74, 6) is -0.720. The molecule has 2 saturated heterocycles. The lowest BCUT2D eigenvalue weighted by Gasteiger charge is -2.66. The normalized spacial score (nSPS) is 58.8. The van der Waals surface area contributed by atoms with Crippen LogP contribution in [0, 0.1) is 34.0 Å². The van der Waals surface area contributed by atoms with E-state index in [9.17, 15) is 9.90 Å². The fourth-order valence-electron chi connectivity index (χ4n) is 9.42. The number of allylic oxidation sites excluding steroid dienone is 4. The van der Waals surface area contributed by atoms with Crippen LogP contribution in [-0.4, -0.2) is 54.0 Å². The van der Waals surface area contributed by atoms with Gasteiger partial charge in [-0.3, -0.25) is 4.79 Å². The van der Waals surface area contributed by atoms with Crippen LogP contribution in [0.15, 0.2) is 23.8 Å². The van der Waals surface area contributed by atoms with Gasteiger partial charge in [-0.1, -0.05) is 39.3 Å². The molecule has 10 atom stereocenters. The quantitative estimate of drug-likeness (QED) is 0.552. The van der Waals surface area contributed by atoms with Crippen LogP contribution in [0.25, 0.3) is 0 Å². The van der Waals surface area contributed by atoms with E-state index in [4.69, 9.17) is 30.5 Å². The number of alkyl halides is 1. The predicted molar refractivity (Wildman–Crippen MR) is 117 cm³/mol. The van der Waals surface area contributed by atoms with Crippen molar-refractivity contribution >= 4 is 17.4 Å². The number of carbonyl (C=O) groups is 1. The summed E-state index contributed by atoms with van der Waals surface area (Å²) in [5.41, 5.74) is -0.858. The third-order valence-electron chi connectivity index (χ3n) is 10.5. The Kier molecular flexibility index (Phi) is 4.39. The molecule has 0 aromatic heterocycles. The molecule has 0 bridgehead atoms. The van der Waals surface area contributed by atoms with Gasteiger partial charge in [0.25, 0.3) is 0 Å². The SMILES string of the molecule is C[C@@H]1C[C@H]2[C@]3(C)[C@H](Cl)CC4=CC(=O)C=C[C@]4(C)[C@H]3[C@@H](O)C[C@]2(C)[C@]12OCO[C@]21COCO1. The fourth-order valence-corrected chi connectivity index (χ4v) is 9.87. The Morgan fingerprint density at radius 2 is 1.91 bits per heavy atom. The molecule has 2 heterocycles. The molecule has 0 radical (unpaired) electrons. The molecule has 0 aromatic carbocycles. The van der Waals surface area contributed by atoms with E-state index < -0.39 is 28.3 Å². The zero-order valence-corrected chi connectivity index (χ0v) is 20.0. The number of ketones is 1. The van der Waals surface area contributed by atoms with Crippen LogP contribution in [0.1, 0.15) is 47.0 Å². The minimum atomic E-state index is -0.957. The van der Waals surface area contributed by atoms with Gasteiger partial charge in [-0.2, -0.15) is 0 Å². The third-order valence-corrected chi connectivity index (χ3v) is 11.1. The van der Waals surface area contributed by atoms with Crippen LogP contribution >= 0.6 is 11.6 Å². The topological polar surface area (TPSA) is 74.2 Å². The van der Waals surface area contributed by atoms with Gasteiger partial charge in [-0.15, -0.1) is 11.6 Å². The third kappa shape index (κ3) is 2.19. The van der Waals surface area contributed by atoms with Crippen molar-refractivity contribution in [1.82, 2.24) is 0 Å². The molecule has 6 nitrogen and oxygen atoms in total. The number of carbonyl (C=O) groups excluding carboxylic acids is 1. The zero-order chi connectivity index (χ0) is 22.7. The maximum atomic E-state index is 12.2. The van der Waals surface area contributed by atoms with E-state index in [2.05, 4.69) is 27.7 Å². The first-order valence-electron chi connectivity index (χ1n) is 11.8. The number of hydrogen-bond acceptors (Lipinski definition) is 6. The van der Waals surface area contributed by atoms with E-state index in [0.717, 1.165) is 12.0 Å². The van der Waals surface area contributed by atoms with Gasteiger partial charge in [-0.25, -0.2) is 0 Å². The summed E-state index contributed by atoms with van der Waals surface area (Å²) in [6, 6.07) is 0. The Hall–Kier alpha value is -0.760. The standard InChI is InChI=1S/C25H33ClO6/c1-14-7-18-22(3,25(14)24(31-13-32-25)11-29-12-30-24)10-17(28)20-21(2)6-5-16(27)8-15(21)9-19(26)23(18,20)4/h5-6,8,14,17-20,28H,7,9-13H2,1-4H3/t14-,17+,18-,19-,20-,21+,22+,23-,24-,25-/m1/s1. The van der Waals surface area contributed by atoms with E-state index in [1.54, 1.807) is 12.2 Å². The molecular formula is C25H33ClO6. The van der Waals surface area contributed by atoms with Crippen LogP contribution < -0.4 is 0 Å². The molecule has 7 heteroatoms. The highest BCUT2D eigenvalue weighted by Gasteiger charge is 2.81. The lowest BCUT2D eigenvalue weighted by atomic mass is 9.40. The Morgan fingerprint density at radius 1 is 1.16 bits per heavy atom. The van der Waals surface area contributed by atoms with Crippen molar-refractivity contribution in [2.75, 3.05) is 20.2 Å². The van der Waals surface area contributed by atoms with Crippen LogP contribution in [0.4, 0.5) is 0 Å². The molecule has 0 aromatic rings. The molecule has 0 unspecified atom stereocenters. The van der Waals surface area contributed by atoms with Crippen molar-refractivity contribution in [2.45, 2.75) is 69.8 Å². The second-order valence-electron chi connectivity index (χ2n) is 11.6. The van der Waals surface area contributed by atoms with Gasteiger partial charge < -0.3 is 24.1 Å². The molecule has 2 spiro atoms. The van der Waals surface area contributed by atoms with E-state index in [1.165, 1.54) is 0 Å². The lowest BCUT2D eigenvalue weighted by molar-refractivity contribution is -0.273. The van der Waals surface area contributed by atoms with E-state index in [0.29, 0.717) is 19.4 Å². The minimum absolute atomic E-state index is 0.00496. The molecule has 5 fully saturated rings. The van der Waals surface area contributed by atoms with Crippen LogP contribution in [0.3, 0.4) is 0 Å². The average molecular weight is 465 g/mol. The maximum absolute atomic E-state index is 12.2. The smallest absolute Gasteiger partial charge is 0.227 e. The number of hydrogen-bond donors (Lipinski definition) is 1. The number of halogens is 1. The fraction of sp³-hybridized carbons (Fsp3) is 0.800. The van der Waals surface area contributed by atoms with Gasteiger partial charge in [0.2, 0.25) is 5.79 Å². The summed E-state index contributed by atoms with van der Waals surface area (Å²) in [4.78, 5) is 12.2. The molecule has 3 saturated carbocycles. The number of aliphatic hydroxyl groups excluding tert-OH is 1. The first-order chi connectivity index (χ1) is 15.1. The summed E-state index contributed by atoms with van der Waals surface area (Å²) in [6.45, 7) is 9.54. The predicted octanol–water partition coefficient (Wildman–Crippen LogP) is 3.56. The lowest BCUT2D eigenvalue weighted by Crippen LogP contribution is -2.70. The Labute approximate surface area is 194 Å². The first-order valence-corrected chi connectivity index (χ1v) is 12.2. The van der Waals surface area contributed by atoms with Crippen LogP contribution in [-0.2, 0) is 23.7 Å². The molecule has 2 aliphatic heterocycles. The van der Waals surface area contributed by atoms with E-state index >= 15 is 0 Å². The maximum Gasteiger partial charge on any atom is 0.227 e. The molecule has 176 valence electrons. The molecule has 6 rings (SSSR count). The van der Waals surface area contributed by atoms with Crippen LogP contribution in [0.5, 0.6) is 0 Å². The number of ether oxygens (including phenoxy) is 4. The van der Waals surface area contributed by atoms with Crippen molar-refractivity contribution in [3.63, 3.8) is 0 Å². The zero-order valence-electron chi connectivity index (χ0n) is 19.2. The average Bonchev–Trinajstić information content (AvgIpc) is 3.40. The summed E-state index contributed by atoms with van der Waals surface area (Å²) < 4.78 is 24.4. The second-order valence-corrected chi connectivity index (χ2v) is 12.1. The molecule has 1 N–H and O–H groups in total. The number of fused-ring (bicyclic) bond motifs is 7. The highest BCUT2D eigenvalue weighted by molar-refractivity contribution is 6.21. The van der Waals surface area contributed by atoms with Crippen LogP contribution in [0.2, 0.25) is 0 Å². The highest BCUT2D eigenvalue weighted by atomic mass is 35.5. The molecule has 0 amide bonds. The summed E-state index contributed by atoms with van der Waals surface area (Å²) >= 11 is 7.23. The van der Waals surface area contributed by atoms with E-state index in [-0.39, 0.29) is 47.9 Å². The van der Waals surface area contributed by atoms with Crippen molar-refractivity contribution < 1.29 is 28.8 Å². The van der Waals surface area contributed by atoms with Gasteiger partial charge in [0, 0.05) is 22.1 Å². The van der Waals surface area contributed by atoms with Crippen molar-refractivity contribution in [3.8, 4) is 0 Å². The van der Waals surface area contributed by atoms with Gasteiger partial charge in [-0.05, 0) is 48.7 Å². The first kappa shape index (κ1) is 21.8. The summed E-state index contributed by atoms with van der Waals surface area (Å²) in [5, 5.41) is 11.7. The minimum Gasteiger partial charge on any atom is -0.393 e. The molecule has 6 aliphatic rings. The molecule has 4 aliphatic carbocycles. The van der Waals surface area contributed by atoms with E-state index in [1.807, 2.05) is 6.08 Å². The van der Waals surface area contributed by atoms with Gasteiger partial charge >= 0.3 is 0 Å². The van der Waals surface area contributed by atoms with Gasteiger partial charge in [0.1, 0.15) is 12.2 Å². The highest BCUT2D eigenvalue weighted by Crippen LogP contribution is 2.76. The van der Waals surface area contributed by atoms with Crippen molar-refractivity contribution in [1.29, 1.82) is 0 Å². The molecule has 32 heavy (non-hydrogen) atoms. The Balaban J connectivity index is 1.51. The molecular weight excluding hydrogens is 432 g/mol. The second kappa shape index (κ2) is 6.46. The van der Waals surface area contributed by atoms with Crippen molar-refractivity contribution in [2.24, 2.45) is 34.0 Å². The van der Waals surface area contributed by atoms with Gasteiger partial charge in [0.15, 0.2) is 19.4 Å². The number of rotatable bonds is 0. The summed E-state index contributed by atoms with van der Waals surface area (Å²) in [7, 11) is 0. The Bertz CT molecular complexity index is 920. The Morgan fingerprint density at radius 3 is 2.62 bits per heavy atom. The number of aliphatic hydroxyl groups is 1. The van der Waals surface area contributed by atoms with Crippen molar-refractivity contribution in [3.05, 3.63) is 23.8 Å². The largest absolute Gasteiger partial charge is 0.393 e.